The highest BCUT2D eigenvalue weighted by Gasteiger charge is 2.13. The zero-order valence-electron chi connectivity index (χ0n) is 9.22. The topological polar surface area (TPSA) is 64.2 Å². The Morgan fingerprint density at radius 2 is 1.94 bits per heavy atom. The SMILES string of the molecule is Cn1c(O)cc(=O)n(-c2ccc(I)cc2F)c1=O. The minimum Gasteiger partial charge on any atom is -0.494 e. The van der Waals surface area contributed by atoms with Crippen LogP contribution in [0.5, 0.6) is 5.88 Å². The zero-order valence-corrected chi connectivity index (χ0v) is 11.4. The van der Waals surface area contributed by atoms with E-state index < -0.39 is 22.9 Å². The molecule has 2 rings (SSSR count). The lowest BCUT2D eigenvalue weighted by molar-refractivity contribution is 0.414. The Kier molecular flexibility index (Phi) is 3.24. The van der Waals surface area contributed by atoms with E-state index in [9.17, 15) is 19.1 Å². The molecule has 0 fully saturated rings. The van der Waals surface area contributed by atoms with E-state index in [4.69, 9.17) is 0 Å². The summed E-state index contributed by atoms with van der Waals surface area (Å²) < 4.78 is 15.9. The predicted molar refractivity (Wildman–Crippen MR) is 71.6 cm³/mol. The van der Waals surface area contributed by atoms with E-state index in [1.807, 2.05) is 22.6 Å². The minimum absolute atomic E-state index is 0.138. The van der Waals surface area contributed by atoms with Crippen LogP contribution in [0.3, 0.4) is 0 Å². The van der Waals surface area contributed by atoms with Crippen molar-refractivity contribution in [3.63, 3.8) is 0 Å². The van der Waals surface area contributed by atoms with Crippen LogP contribution in [0.25, 0.3) is 5.69 Å². The van der Waals surface area contributed by atoms with Gasteiger partial charge in [0.1, 0.15) is 5.82 Å². The van der Waals surface area contributed by atoms with Crippen LogP contribution in [0.2, 0.25) is 0 Å². The lowest BCUT2D eigenvalue weighted by atomic mass is 10.3. The van der Waals surface area contributed by atoms with Gasteiger partial charge in [0.2, 0.25) is 0 Å². The number of benzene rings is 1. The Balaban J connectivity index is 2.84. The summed E-state index contributed by atoms with van der Waals surface area (Å²) in [5, 5.41) is 9.32. The van der Waals surface area contributed by atoms with Gasteiger partial charge >= 0.3 is 5.69 Å². The third-order valence-electron chi connectivity index (χ3n) is 2.45. The van der Waals surface area contributed by atoms with Gasteiger partial charge in [0.15, 0.2) is 5.88 Å². The molecule has 0 amide bonds. The molecule has 5 nitrogen and oxygen atoms in total. The monoisotopic (exact) mass is 362 g/mol. The van der Waals surface area contributed by atoms with Crippen molar-refractivity contribution in [3.8, 4) is 11.6 Å². The molecule has 1 N–H and O–H groups in total. The summed E-state index contributed by atoms with van der Waals surface area (Å²) in [4.78, 5) is 23.5. The van der Waals surface area contributed by atoms with Crippen LogP contribution in [-0.4, -0.2) is 14.2 Å². The molecular formula is C11H8FIN2O3. The van der Waals surface area contributed by atoms with Gasteiger partial charge in [-0.05, 0) is 40.8 Å². The van der Waals surface area contributed by atoms with E-state index in [1.54, 1.807) is 6.07 Å². The molecule has 1 aromatic carbocycles. The molecule has 0 aliphatic carbocycles. The van der Waals surface area contributed by atoms with Crippen molar-refractivity contribution >= 4 is 22.6 Å². The predicted octanol–water partition coefficient (Wildman–Crippen LogP) is 0.986. The Bertz CT molecular complexity index is 736. The van der Waals surface area contributed by atoms with Crippen LogP contribution >= 0.6 is 22.6 Å². The van der Waals surface area contributed by atoms with Crippen LogP contribution in [0, 0.1) is 9.39 Å². The Morgan fingerprint density at radius 1 is 1.28 bits per heavy atom. The molecule has 0 saturated heterocycles. The average molecular weight is 362 g/mol. The highest BCUT2D eigenvalue weighted by atomic mass is 127. The van der Waals surface area contributed by atoms with Crippen molar-refractivity contribution in [2.24, 2.45) is 7.05 Å². The van der Waals surface area contributed by atoms with Crippen LogP contribution in [0.4, 0.5) is 4.39 Å². The first-order valence-corrected chi connectivity index (χ1v) is 5.97. The molecule has 0 aliphatic rings. The van der Waals surface area contributed by atoms with Gasteiger partial charge in [0.25, 0.3) is 5.56 Å². The first-order chi connectivity index (χ1) is 8.41. The minimum atomic E-state index is -0.805. The van der Waals surface area contributed by atoms with E-state index in [0.717, 1.165) is 10.6 Å². The largest absolute Gasteiger partial charge is 0.494 e. The molecule has 94 valence electrons. The Hall–Kier alpha value is -1.64. The maximum atomic E-state index is 13.8. The van der Waals surface area contributed by atoms with Crippen molar-refractivity contribution in [2.75, 3.05) is 0 Å². The van der Waals surface area contributed by atoms with Crippen LogP contribution in [-0.2, 0) is 7.05 Å². The molecule has 0 unspecified atom stereocenters. The molecular weight excluding hydrogens is 354 g/mol. The summed E-state index contributed by atoms with van der Waals surface area (Å²) in [6.07, 6.45) is 0. The van der Waals surface area contributed by atoms with Gasteiger partial charge in [-0.1, -0.05) is 0 Å². The first kappa shape index (κ1) is 12.8. The summed E-state index contributed by atoms with van der Waals surface area (Å²) in [5.74, 6) is -1.14. The fourth-order valence-corrected chi connectivity index (χ4v) is 1.95. The fraction of sp³-hybridized carbons (Fsp3) is 0.0909. The summed E-state index contributed by atoms with van der Waals surface area (Å²) in [6.45, 7) is 0. The van der Waals surface area contributed by atoms with Crippen molar-refractivity contribution in [1.29, 1.82) is 0 Å². The van der Waals surface area contributed by atoms with Gasteiger partial charge in [0.05, 0.1) is 11.8 Å². The number of hydrogen-bond acceptors (Lipinski definition) is 3. The number of aromatic hydroxyl groups is 1. The van der Waals surface area contributed by atoms with Gasteiger partial charge in [-0.2, -0.15) is 0 Å². The standard InChI is InChI=1S/C11H8FIN2O3/c1-14-9(16)5-10(17)15(11(14)18)8-3-2-6(13)4-7(8)12/h2-5,16H,1H3. The van der Waals surface area contributed by atoms with Crippen molar-refractivity contribution in [2.45, 2.75) is 0 Å². The van der Waals surface area contributed by atoms with Crippen LogP contribution in [0.15, 0.2) is 33.9 Å². The van der Waals surface area contributed by atoms with E-state index in [1.165, 1.54) is 19.2 Å². The second-order valence-electron chi connectivity index (χ2n) is 3.61. The van der Waals surface area contributed by atoms with Gasteiger partial charge in [-0.15, -0.1) is 0 Å². The second kappa shape index (κ2) is 4.56. The third kappa shape index (κ3) is 2.05. The molecule has 0 saturated carbocycles. The Morgan fingerprint density at radius 3 is 2.56 bits per heavy atom. The molecule has 2 aromatic rings. The van der Waals surface area contributed by atoms with E-state index >= 15 is 0 Å². The van der Waals surface area contributed by atoms with Crippen LogP contribution < -0.4 is 11.2 Å². The molecule has 0 aliphatic heterocycles. The van der Waals surface area contributed by atoms with Crippen molar-refractivity contribution in [3.05, 3.63) is 54.5 Å². The molecule has 1 aromatic heterocycles. The van der Waals surface area contributed by atoms with E-state index in [2.05, 4.69) is 0 Å². The number of aromatic nitrogens is 2. The second-order valence-corrected chi connectivity index (χ2v) is 4.86. The summed E-state index contributed by atoms with van der Waals surface area (Å²) in [7, 11) is 1.29. The maximum Gasteiger partial charge on any atom is 0.338 e. The summed E-state index contributed by atoms with van der Waals surface area (Å²) >= 11 is 1.92. The van der Waals surface area contributed by atoms with Gasteiger partial charge in [-0.3, -0.25) is 9.36 Å². The number of hydrogen-bond donors (Lipinski definition) is 1. The molecule has 0 atom stereocenters. The lowest BCUT2D eigenvalue weighted by Crippen LogP contribution is -2.37. The van der Waals surface area contributed by atoms with Crippen molar-refractivity contribution in [1.82, 2.24) is 9.13 Å². The quantitative estimate of drug-likeness (QED) is 0.770. The van der Waals surface area contributed by atoms with E-state index in [0.29, 0.717) is 8.14 Å². The molecule has 0 bridgehead atoms. The summed E-state index contributed by atoms with van der Waals surface area (Å²) in [6, 6.07) is 5.00. The molecule has 0 spiro atoms. The highest BCUT2D eigenvalue weighted by molar-refractivity contribution is 14.1. The smallest absolute Gasteiger partial charge is 0.338 e. The Labute approximate surface area is 114 Å². The summed E-state index contributed by atoms with van der Waals surface area (Å²) in [5.41, 5.74) is -1.73. The fourth-order valence-electron chi connectivity index (χ4n) is 1.50. The van der Waals surface area contributed by atoms with Gasteiger partial charge < -0.3 is 5.11 Å². The van der Waals surface area contributed by atoms with E-state index in [-0.39, 0.29) is 5.69 Å². The number of rotatable bonds is 1. The molecule has 18 heavy (non-hydrogen) atoms. The molecule has 0 radical (unpaired) electrons. The zero-order chi connectivity index (χ0) is 13.4. The third-order valence-corrected chi connectivity index (χ3v) is 3.12. The maximum absolute atomic E-state index is 13.8. The highest BCUT2D eigenvalue weighted by Crippen LogP contribution is 2.14. The molecule has 1 heterocycles. The normalized spacial score (nSPS) is 10.6. The van der Waals surface area contributed by atoms with Crippen LogP contribution in [0.1, 0.15) is 0 Å². The first-order valence-electron chi connectivity index (χ1n) is 4.89. The number of halogens is 2. The van der Waals surface area contributed by atoms with Gasteiger partial charge in [-0.25, -0.2) is 13.8 Å². The number of nitrogens with zero attached hydrogens (tertiary/aromatic N) is 2. The van der Waals surface area contributed by atoms with Crippen molar-refractivity contribution < 1.29 is 9.50 Å². The molecule has 7 heteroatoms. The lowest BCUT2D eigenvalue weighted by Gasteiger charge is -2.09. The van der Waals surface area contributed by atoms with Gasteiger partial charge in [0, 0.05) is 10.6 Å². The average Bonchev–Trinajstić information content (AvgIpc) is 2.29.